The minimum atomic E-state index is -3.56. The number of fused-ring (bicyclic) bond motifs is 2. The van der Waals surface area contributed by atoms with E-state index in [0.29, 0.717) is 42.8 Å². The molecule has 0 bridgehead atoms. The van der Waals surface area contributed by atoms with Crippen molar-refractivity contribution < 1.29 is 17.6 Å². The molecule has 2 aromatic carbocycles. The van der Waals surface area contributed by atoms with Crippen molar-refractivity contribution in [2.45, 2.75) is 29.3 Å². The molecule has 1 aliphatic heterocycles. The number of hydrogen-bond donors (Lipinski definition) is 0. The summed E-state index contributed by atoms with van der Waals surface area (Å²) in [5.41, 5.74) is 3.17. The molecule has 1 aliphatic rings. The monoisotopic (exact) mass is 458 g/mol. The predicted molar refractivity (Wildman–Crippen MR) is 119 cm³/mol. The molecule has 8 nitrogen and oxygen atoms in total. The molecule has 3 heterocycles. The molecule has 0 aliphatic carbocycles. The molecule has 2 aromatic heterocycles. The molecule has 0 saturated carbocycles. The zero-order valence-corrected chi connectivity index (χ0v) is 18.7. The summed E-state index contributed by atoms with van der Waals surface area (Å²) < 4.78 is 40.6. The molecule has 4 aromatic rings. The van der Waals surface area contributed by atoms with E-state index >= 15 is 0 Å². The maximum atomic E-state index is 13.0. The Morgan fingerprint density at radius 2 is 1.87 bits per heavy atom. The molecule has 0 unspecified atom stereocenters. The van der Waals surface area contributed by atoms with Crippen molar-refractivity contribution in [1.82, 2.24) is 18.8 Å². The van der Waals surface area contributed by atoms with Crippen LogP contribution < -0.4 is 0 Å². The van der Waals surface area contributed by atoms with Gasteiger partial charge < -0.3 is 13.7 Å². The normalized spacial score (nSPS) is 15.8. The van der Waals surface area contributed by atoms with Crippen molar-refractivity contribution >= 4 is 43.9 Å². The van der Waals surface area contributed by atoms with Gasteiger partial charge in [0.05, 0.1) is 34.9 Å². The van der Waals surface area contributed by atoms with E-state index in [2.05, 4.69) is 9.55 Å². The van der Waals surface area contributed by atoms with Gasteiger partial charge in [-0.3, -0.25) is 0 Å². The third-order valence-corrected chi connectivity index (χ3v) is 8.04. The standard InChI is InChI=1S/C21H22N4O4S2/c1-2-25-18-8-7-15(31(26,27)24-9-11-28-12-10-24)13-17(18)22-20(25)14-30-21-23-16-5-3-4-6-19(16)29-21/h3-8,13H,2,9-12,14H2,1H3. The van der Waals surface area contributed by atoms with Crippen LogP contribution in [0.15, 0.2) is 57.0 Å². The van der Waals surface area contributed by atoms with Crippen LogP contribution in [0.4, 0.5) is 0 Å². The van der Waals surface area contributed by atoms with Gasteiger partial charge in [0, 0.05) is 19.6 Å². The van der Waals surface area contributed by atoms with Gasteiger partial charge in [-0.2, -0.15) is 4.31 Å². The van der Waals surface area contributed by atoms with Gasteiger partial charge in [-0.05, 0) is 37.3 Å². The highest BCUT2D eigenvalue weighted by atomic mass is 32.2. The predicted octanol–water partition coefficient (Wildman–Crippen LogP) is 3.51. The molecule has 0 N–H and O–H groups in total. The summed E-state index contributed by atoms with van der Waals surface area (Å²) in [6, 6.07) is 12.8. The number of benzene rings is 2. The number of aromatic nitrogens is 3. The van der Waals surface area contributed by atoms with Crippen LogP contribution >= 0.6 is 11.8 Å². The Labute approximate surface area is 184 Å². The average molecular weight is 459 g/mol. The second kappa shape index (κ2) is 8.27. The fraction of sp³-hybridized carbons (Fsp3) is 0.333. The van der Waals surface area contributed by atoms with Crippen LogP contribution in [0.3, 0.4) is 0 Å². The first-order valence-electron chi connectivity index (χ1n) is 10.1. The number of ether oxygens (including phenoxy) is 1. The molecule has 1 saturated heterocycles. The van der Waals surface area contributed by atoms with Crippen LogP contribution in [-0.4, -0.2) is 53.6 Å². The number of imidazole rings is 1. The van der Waals surface area contributed by atoms with E-state index < -0.39 is 10.0 Å². The molecule has 31 heavy (non-hydrogen) atoms. The van der Waals surface area contributed by atoms with Crippen molar-refractivity contribution in [3.8, 4) is 0 Å². The molecular weight excluding hydrogens is 436 g/mol. The summed E-state index contributed by atoms with van der Waals surface area (Å²) in [6.45, 7) is 4.36. The molecule has 0 amide bonds. The lowest BCUT2D eigenvalue weighted by molar-refractivity contribution is 0.0730. The zero-order chi connectivity index (χ0) is 21.4. The SMILES string of the molecule is CCn1c(CSc2nc3ccccc3o2)nc2cc(S(=O)(=O)N3CCOCC3)ccc21. The molecule has 0 spiro atoms. The van der Waals surface area contributed by atoms with Crippen LogP contribution in [0.1, 0.15) is 12.7 Å². The lowest BCUT2D eigenvalue weighted by atomic mass is 10.3. The summed E-state index contributed by atoms with van der Waals surface area (Å²) >= 11 is 1.48. The van der Waals surface area contributed by atoms with Gasteiger partial charge in [-0.15, -0.1) is 0 Å². The summed E-state index contributed by atoms with van der Waals surface area (Å²) in [6.07, 6.45) is 0. The quantitative estimate of drug-likeness (QED) is 0.408. The first-order chi connectivity index (χ1) is 15.1. The van der Waals surface area contributed by atoms with E-state index in [9.17, 15) is 8.42 Å². The first kappa shape index (κ1) is 20.5. The van der Waals surface area contributed by atoms with Gasteiger partial charge in [-0.1, -0.05) is 23.9 Å². The van der Waals surface area contributed by atoms with Crippen molar-refractivity contribution in [3.05, 3.63) is 48.3 Å². The summed E-state index contributed by atoms with van der Waals surface area (Å²) in [4.78, 5) is 9.50. The van der Waals surface area contributed by atoms with E-state index in [0.717, 1.165) is 29.0 Å². The highest BCUT2D eigenvalue weighted by molar-refractivity contribution is 7.98. The van der Waals surface area contributed by atoms with Crippen LogP contribution in [0.2, 0.25) is 0 Å². The van der Waals surface area contributed by atoms with Gasteiger partial charge in [-0.25, -0.2) is 18.4 Å². The Morgan fingerprint density at radius 3 is 2.65 bits per heavy atom. The number of thioether (sulfide) groups is 1. The number of morpholine rings is 1. The summed E-state index contributed by atoms with van der Waals surface area (Å²) in [5, 5.41) is 0.589. The van der Waals surface area contributed by atoms with Crippen molar-refractivity contribution in [1.29, 1.82) is 0 Å². The number of sulfonamides is 1. The first-order valence-corrected chi connectivity index (χ1v) is 12.5. The van der Waals surface area contributed by atoms with Gasteiger partial charge in [0.25, 0.3) is 5.22 Å². The zero-order valence-electron chi connectivity index (χ0n) is 17.0. The van der Waals surface area contributed by atoms with Crippen molar-refractivity contribution in [2.75, 3.05) is 26.3 Å². The Balaban J connectivity index is 1.43. The molecule has 10 heteroatoms. The Morgan fingerprint density at radius 1 is 1.06 bits per heavy atom. The fourth-order valence-electron chi connectivity index (χ4n) is 3.76. The number of nitrogens with zero attached hydrogens (tertiary/aromatic N) is 4. The van der Waals surface area contributed by atoms with E-state index in [-0.39, 0.29) is 4.90 Å². The maximum Gasteiger partial charge on any atom is 0.257 e. The van der Waals surface area contributed by atoms with Crippen LogP contribution in [0.25, 0.3) is 22.1 Å². The number of rotatable bonds is 6. The van der Waals surface area contributed by atoms with Crippen LogP contribution in [0.5, 0.6) is 0 Å². The summed E-state index contributed by atoms with van der Waals surface area (Å²) in [5.74, 6) is 1.42. The fourth-order valence-corrected chi connectivity index (χ4v) is 5.97. The third-order valence-electron chi connectivity index (χ3n) is 5.32. The van der Waals surface area contributed by atoms with Crippen LogP contribution in [0, 0.1) is 0 Å². The Hall–Kier alpha value is -2.40. The lowest BCUT2D eigenvalue weighted by Gasteiger charge is -2.26. The third kappa shape index (κ3) is 3.84. The second-order valence-corrected chi connectivity index (χ2v) is 10.0. The largest absolute Gasteiger partial charge is 0.431 e. The topological polar surface area (TPSA) is 90.5 Å². The molecule has 0 radical (unpaired) electrons. The molecule has 1 fully saturated rings. The number of hydrogen-bond acceptors (Lipinski definition) is 7. The van der Waals surface area contributed by atoms with E-state index in [4.69, 9.17) is 14.1 Å². The van der Waals surface area contributed by atoms with E-state index in [1.165, 1.54) is 16.1 Å². The Bertz CT molecular complexity index is 1310. The van der Waals surface area contributed by atoms with Crippen LogP contribution in [-0.2, 0) is 27.1 Å². The molecule has 0 atom stereocenters. The molecule has 5 rings (SSSR count). The van der Waals surface area contributed by atoms with E-state index in [1.807, 2.05) is 37.3 Å². The Kier molecular flexibility index (Phi) is 5.47. The summed E-state index contributed by atoms with van der Waals surface area (Å²) in [7, 11) is -3.56. The van der Waals surface area contributed by atoms with E-state index in [1.54, 1.807) is 12.1 Å². The highest BCUT2D eigenvalue weighted by Gasteiger charge is 2.27. The minimum absolute atomic E-state index is 0.265. The van der Waals surface area contributed by atoms with Crippen molar-refractivity contribution in [3.63, 3.8) is 0 Å². The van der Waals surface area contributed by atoms with Gasteiger partial charge in [0.1, 0.15) is 11.3 Å². The second-order valence-electron chi connectivity index (χ2n) is 7.18. The number of aryl methyl sites for hydroxylation is 1. The molecule has 162 valence electrons. The van der Waals surface area contributed by atoms with Gasteiger partial charge in [0.15, 0.2) is 5.58 Å². The lowest BCUT2D eigenvalue weighted by Crippen LogP contribution is -2.40. The van der Waals surface area contributed by atoms with Gasteiger partial charge >= 0.3 is 0 Å². The average Bonchev–Trinajstić information content (AvgIpc) is 3.38. The number of para-hydroxylation sites is 2. The van der Waals surface area contributed by atoms with Crippen molar-refractivity contribution in [2.24, 2.45) is 0 Å². The number of oxazole rings is 1. The molecular formula is C21H22N4O4S2. The highest BCUT2D eigenvalue weighted by Crippen LogP contribution is 2.29. The minimum Gasteiger partial charge on any atom is -0.431 e. The smallest absolute Gasteiger partial charge is 0.257 e. The van der Waals surface area contributed by atoms with Gasteiger partial charge in [0.2, 0.25) is 10.0 Å². The maximum absolute atomic E-state index is 13.0.